The predicted molar refractivity (Wildman–Crippen MR) is 96.5 cm³/mol. The molecule has 0 spiro atoms. The molecule has 0 atom stereocenters. The molecule has 2 aromatic carbocycles. The third kappa shape index (κ3) is 4.08. The van der Waals surface area contributed by atoms with Crippen LogP contribution in [-0.2, 0) is 4.79 Å². The first-order valence-corrected chi connectivity index (χ1v) is 7.88. The van der Waals surface area contributed by atoms with Crippen LogP contribution < -0.4 is 10.6 Å². The first-order valence-electron chi connectivity index (χ1n) is 7.35. The summed E-state index contributed by atoms with van der Waals surface area (Å²) in [5.74, 6) is 0.344. The zero-order valence-corrected chi connectivity index (χ0v) is 13.5. The van der Waals surface area contributed by atoms with Crippen LogP contribution in [0.25, 0.3) is 11.3 Å². The molecule has 1 amide bonds. The molecule has 0 aliphatic heterocycles. The largest absolute Gasteiger partial charge is 0.340 e. The SMILES string of the molecule is O=C(CCl)Nc1cccc(Nc2cc(-c3ccccc3)ncn2)c1. The van der Waals surface area contributed by atoms with Gasteiger partial charge in [0.1, 0.15) is 18.0 Å². The molecule has 0 aliphatic rings. The molecule has 24 heavy (non-hydrogen) atoms. The van der Waals surface area contributed by atoms with Gasteiger partial charge in [0.2, 0.25) is 5.91 Å². The van der Waals surface area contributed by atoms with Gasteiger partial charge >= 0.3 is 0 Å². The number of carbonyl (C=O) groups is 1. The Balaban J connectivity index is 1.79. The summed E-state index contributed by atoms with van der Waals surface area (Å²) in [5.41, 5.74) is 3.33. The molecule has 120 valence electrons. The lowest BCUT2D eigenvalue weighted by molar-refractivity contribution is -0.113. The number of nitrogens with one attached hydrogen (secondary N) is 2. The maximum Gasteiger partial charge on any atom is 0.239 e. The molecule has 2 N–H and O–H groups in total. The van der Waals surface area contributed by atoms with Crippen LogP contribution in [0.4, 0.5) is 17.2 Å². The van der Waals surface area contributed by atoms with E-state index in [-0.39, 0.29) is 11.8 Å². The maximum atomic E-state index is 11.4. The number of anilines is 3. The highest BCUT2D eigenvalue weighted by atomic mass is 35.5. The highest BCUT2D eigenvalue weighted by Gasteiger charge is 2.04. The Morgan fingerprint density at radius 1 is 0.958 bits per heavy atom. The van der Waals surface area contributed by atoms with Crippen molar-refractivity contribution in [3.05, 3.63) is 67.0 Å². The molecule has 0 saturated heterocycles. The molecule has 0 aliphatic carbocycles. The van der Waals surface area contributed by atoms with E-state index in [1.165, 1.54) is 6.33 Å². The molecular weight excluding hydrogens is 324 g/mol. The van der Waals surface area contributed by atoms with Gasteiger partial charge in [-0.15, -0.1) is 11.6 Å². The minimum Gasteiger partial charge on any atom is -0.340 e. The molecule has 0 saturated carbocycles. The van der Waals surface area contributed by atoms with E-state index in [9.17, 15) is 4.79 Å². The predicted octanol–water partition coefficient (Wildman–Crippen LogP) is 4.06. The van der Waals surface area contributed by atoms with Crippen LogP contribution in [0.5, 0.6) is 0 Å². The van der Waals surface area contributed by atoms with Gasteiger partial charge in [0.05, 0.1) is 5.69 Å². The standard InChI is InChI=1S/C18H15ClN4O/c19-11-18(24)23-15-8-4-7-14(9-15)22-17-10-16(20-12-21-17)13-5-2-1-3-6-13/h1-10,12H,11H2,(H,23,24)(H,20,21,22). The third-order valence-corrected chi connectivity index (χ3v) is 3.52. The van der Waals surface area contributed by atoms with Gasteiger partial charge in [-0.25, -0.2) is 9.97 Å². The Morgan fingerprint density at radius 3 is 2.54 bits per heavy atom. The van der Waals surface area contributed by atoms with Gasteiger partial charge in [0.15, 0.2) is 0 Å². The van der Waals surface area contributed by atoms with Crippen molar-refractivity contribution in [2.75, 3.05) is 16.5 Å². The first kappa shape index (κ1) is 16.0. The minimum atomic E-state index is -0.248. The van der Waals surface area contributed by atoms with Crippen molar-refractivity contribution in [1.82, 2.24) is 9.97 Å². The van der Waals surface area contributed by atoms with E-state index in [0.29, 0.717) is 11.5 Å². The Morgan fingerprint density at radius 2 is 1.75 bits per heavy atom. The molecular formula is C18H15ClN4O. The van der Waals surface area contributed by atoms with Crippen molar-refractivity contribution in [2.45, 2.75) is 0 Å². The summed E-state index contributed by atoms with van der Waals surface area (Å²) >= 11 is 5.50. The fourth-order valence-electron chi connectivity index (χ4n) is 2.21. The second kappa shape index (κ2) is 7.57. The Hall–Kier alpha value is -2.92. The molecule has 6 heteroatoms. The molecule has 3 aromatic rings. The fourth-order valence-corrected chi connectivity index (χ4v) is 2.28. The summed E-state index contributed by atoms with van der Waals surface area (Å²) in [7, 11) is 0. The minimum absolute atomic E-state index is 0.0794. The summed E-state index contributed by atoms with van der Waals surface area (Å²) < 4.78 is 0. The summed E-state index contributed by atoms with van der Waals surface area (Å²) in [5, 5.41) is 5.92. The van der Waals surface area contributed by atoms with Crippen LogP contribution >= 0.6 is 11.6 Å². The average Bonchev–Trinajstić information content (AvgIpc) is 2.63. The van der Waals surface area contributed by atoms with Gasteiger partial charge < -0.3 is 10.6 Å². The maximum absolute atomic E-state index is 11.4. The number of nitrogens with zero attached hydrogens (tertiary/aromatic N) is 2. The number of benzene rings is 2. The van der Waals surface area contributed by atoms with E-state index >= 15 is 0 Å². The van der Waals surface area contributed by atoms with Crippen LogP contribution in [0, 0.1) is 0 Å². The van der Waals surface area contributed by atoms with Crippen molar-refractivity contribution in [3.8, 4) is 11.3 Å². The van der Waals surface area contributed by atoms with Crippen LogP contribution in [-0.4, -0.2) is 21.8 Å². The lowest BCUT2D eigenvalue weighted by Gasteiger charge is -2.09. The van der Waals surface area contributed by atoms with Gasteiger partial charge in [-0.05, 0) is 18.2 Å². The number of halogens is 1. The van der Waals surface area contributed by atoms with Crippen LogP contribution in [0.3, 0.4) is 0 Å². The summed E-state index contributed by atoms with van der Waals surface area (Å²) in [6.07, 6.45) is 1.52. The van der Waals surface area contributed by atoms with Gasteiger partial charge in [-0.1, -0.05) is 36.4 Å². The summed E-state index contributed by atoms with van der Waals surface area (Å²) in [6.45, 7) is 0. The number of amides is 1. The normalized spacial score (nSPS) is 10.2. The summed E-state index contributed by atoms with van der Waals surface area (Å²) in [6, 6.07) is 19.1. The topological polar surface area (TPSA) is 66.9 Å². The number of alkyl halides is 1. The number of aromatic nitrogens is 2. The average molecular weight is 339 g/mol. The monoisotopic (exact) mass is 338 g/mol. The zero-order valence-electron chi connectivity index (χ0n) is 12.7. The van der Waals surface area contributed by atoms with E-state index < -0.39 is 0 Å². The van der Waals surface area contributed by atoms with Gasteiger partial charge in [-0.3, -0.25) is 4.79 Å². The molecule has 0 bridgehead atoms. The van der Waals surface area contributed by atoms with Crippen molar-refractivity contribution in [1.29, 1.82) is 0 Å². The van der Waals surface area contributed by atoms with E-state index in [0.717, 1.165) is 16.9 Å². The van der Waals surface area contributed by atoms with Gasteiger partial charge in [0, 0.05) is 23.0 Å². The van der Waals surface area contributed by atoms with Gasteiger partial charge in [-0.2, -0.15) is 0 Å². The molecule has 3 rings (SSSR count). The fraction of sp³-hybridized carbons (Fsp3) is 0.0556. The Labute approximate surface area is 144 Å². The van der Waals surface area contributed by atoms with Crippen molar-refractivity contribution < 1.29 is 4.79 Å². The van der Waals surface area contributed by atoms with E-state index in [4.69, 9.17) is 11.6 Å². The van der Waals surface area contributed by atoms with Crippen LogP contribution in [0.15, 0.2) is 67.0 Å². The second-order valence-corrected chi connectivity index (χ2v) is 5.31. The molecule has 0 radical (unpaired) electrons. The smallest absolute Gasteiger partial charge is 0.239 e. The zero-order chi connectivity index (χ0) is 16.8. The van der Waals surface area contributed by atoms with E-state index in [1.54, 1.807) is 6.07 Å². The summed E-state index contributed by atoms with van der Waals surface area (Å²) in [4.78, 5) is 19.9. The highest BCUT2D eigenvalue weighted by molar-refractivity contribution is 6.29. The first-order chi connectivity index (χ1) is 11.7. The van der Waals surface area contributed by atoms with Gasteiger partial charge in [0.25, 0.3) is 0 Å². The molecule has 0 unspecified atom stereocenters. The van der Waals surface area contributed by atoms with Crippen molar-refractivity contribution in [2.24, 2.45) is 0 Å². The number of rotatable bonds is 5. The second-order valence-electron chi connectivity index (χ2n) is 5.04. The van der Waals surface area contributed by atoms with E-state index in [2.05, 4.69) is 20.6 Å². The lowest BCUT2D eigenvalue weighted by atomic mass is 10.1. The molecule has 1 aromatic heterocycles. The quantitative estimate of drug-likeness (QED) is 0.688. The Kier molecular flexibility index (Phi) is 5.03. The van der Waals surface area contributed by atoms with Crippen molar-refractivity contribution in [3.63, 3.8) is 0 Å². The van der Waals surface area contributed by atoms with Crippen LogP contribution in [0.2, 0.25) is 0 Å². The highest BCUT2D eigenvalue weighted by Crippen LogP contribution is 2.22. The lowest BCUT2D eigenvalue weighted by Crippen LogP contribution is -2.12. The van der Waals surface area contributed by atoms with Crippen molar-refractivity contribution >= 4 is 34.7 Å². The molecule has 0 fully saturated rings. The van der Waals surface area contributed by atoms with E-state index in [1.807, 2.05) is 54.6 Å². The number of hydrogen-bond donors (Lipinski definition) is 2. The molecule has 5 nitrogen and oxygen atoms in total. The number of carbonyl (C=O) groups excluding carboxylic acids is 1. The third-order valence-electron chi connectivity index (χ3n) is 3.28. The number of hydrogen-bond acceptors (Lipinski definition) is 4. The van der Waals surface area contributed by atoms with Crippen LogP contribution in [0.1, 0.15) is 0 Å². The Bertz CT molecular complexity index is 839. The molecule has 1 heterocycles.